The quantitative estimate of drug-likeness (QED) is 0.391. The number of rotatable bonds is 9. The van der Waals surface area contributed by atoms with Gasteiger partial charge in [0.25, 0.3) is 17.5 Å². The predicted molar refractivity (Wildman–Crippen MR) is 137 cm³/mol. The maximum Gasteiger partial charge on any atom is 0.273 e. The number of nitro groups is 1. The molecule has 37 heavy (non-hydrogen) atoms. The number of carbonyl (C=O) groups excluding carboxylic acids is 2. The Balaban J connectivity index is 1.50. The number of amidine groups is 1. The number of nitro benzene ring substituents is 1. The first-order valence-corrected chi connectivity index (χ1v) is 12.0. The number of aliphatic imine (C=N–C) groups is 1. The number of hydroxylamine groups is 2. The van der Waals surface area contributed by atoms with Gasteiger partial charge in [0.2, 0.25) is 0 Å². The monoisotopic (exact) mass is 507 g/mol. The molecule has 0 radical (unpaired) electrons. The van der Waals surface area contributed by atoms with Crippen LogP contribution in [0.25, 0.3) is 6.08 Å². The molecule has 0 spiro atoms. The summed E-state index contributed by atoms with van der Waals surface area (Å²) in [5.74, 6) is -0.146. The van der Waals surface area contributed by atoms with Gasteiger partial charge in [-0.2, -0.15) is 0 Å². The number of fused-ring (bicyclic) bond motifs is 1. The first-order chi connectivity index (χ1) is 17.8. The Kier molecular flexibility index (Phi) is 7.95. The summed E-state index contributed by atoms with van der Waals surface area (Å²) >= 11 is 0. The third-order valence-corrected chi connectivity index (χ3v) is 6.21. The third kappa shape index (κ3) is 6.01. The van der Waals surface area contributed by atoms with Gasteiger partial charge in [0.05, 0.1) is 10.6 Å². The molecule has 0 bridgehead atoms. The number of nitrogens with zero attached hydrogens (tertiary/aromatic N) is 4. The second-order valence-corrected chi connectivity index (χ2v) is 9.09. The van der Waals surface area contributed by atoms with Gasteiger partial charge in [-0.05, 0) is 42.3 Å². The number of hydrogen-bond donors (Lipinski definition) is 2. The van der Waals surface area contributed by atoms with Crippen molar-refractivity contribution in [3.63, 3.8) is 0 Å². The Hall–Kier alpha value is -4.09. The van der Waals surface area contributed by atoms with E-state index in [-0.39, 0.29) is 48.9 Å². The Morgan fingerprint density at radius 3 is 2.62 bits per heavy atom. The number of nitrogens with two attached hydrogens (primary N) is 1. The lowest BCUT2D eigenvalue weighted by Crippen LogP contribution is -2.51. The van der Waals surface area contributed by atoms with E-state index >= 15 is 0 Å². The van der Waals surface area contributed by atoms with Gasteiger partial charge in [0.1, 0.15) is 12.4 Å². The highest BCUT2D eigenvalue weighted by Gasteiger charge is 2.31. The van der Waals surface area contributed by atoms with Crippen molar-refractivity contribution in [2.75, 3.05) is 26.2 Å². The van der Waals surface area contributed by atoms with Crippen LogP contribution < -0.4 is 5.73 Å². The first kappa shape index (κ1) is 26.0. The summed E-state index contributed by atoms with van der Waals surface area (Å²) in [6.45, 7) is 3.42. The fourth-order valence-electron chi connectivity index (χ4n) is 4.15. The Bertz CT molecular complexity index is 1250. The van der Waals surface area contributed by atoms with Gasteiger partial charge in [-0.3, -0.25) is 24.5 Å². The summed E-state index contributed by atoms with van der Waals surface area (Å²) < 4.78 is 0. The maximum absolute atomic E-state index is 13.4. The Morgan fingerprint density at radius 2 is 1.97 bits per heavy atom. The third-order valence-electron chi connectivity index (χ3n) is 6.21. The molecule has 2 aliphatic rings. The molecule has 11 heteroatoms. The van der Waals surface area contributed by atoms with Gasteiger partial charge in [0.15, 0.2) is 0 Å². The van der Waals surface area contributed by atoms with Crippen molar-refractivity contribution < 1.29 is 24.5 Å². The summed E-state index contributed by atoms with van der Waals surface area (Å²) in [6.07, 6.45) is 2.47. The second kappa shape index (κ2) is 11.3. The van der Waals surface area contributed by atoms with Crippen molar-refractivity contribution >= 4 is 35.1 Å². The number of likely N-dealkylation sites (tertiary alicyclic amines) is 1. The highest BCUT2D eigenvalue weighted by atomic mass is 16.7. The van der Waals surface area contributed by atoms with Crippen LogP contribution >= 0.6 is 0 Å². The van der Waals surface area contributed by atoms with E-state index in [1.165, 1.54) is 17.2 Å². The minimum absolute atomic E-state index is 0.0219. The van der Waals surface area contributed by atoms with Crippen LogP contribution in [-0.4, -0.2) is 63.9 Å². The number of hydrogen-bond acceptors (Lipinski definition) is 8. The summed E-state index contributed by atoms with van der Waals surface area (Å²) in [5, 5.41) is 21.3. The fourth-order valence-corrected chi connectivity index (χ4v) is 4.15. The van der Waals surface area contributed by atoms with Crippen molar-refractivity contribution in [2.24, 2.45) is 16.6 Å². The fraction of sp³-hybridized carbons (Fsp3) is 0.346. The smallest absolute Gasteiger partial charge is 0.273 e. The van der Waals surface area contributed by atoms with Gasteiger partial charge < -0.3 is 15.7 Å². The summed E-state index contributed by atoms with van der Waals surface area (Å²) in [7, 11) is 0. The normalized spacial score (nSPS) is 15.1. The van der Waals surface area contributed by atoms with E-state index in [2.05, 4.69) is 4.99 Å². The number of amides is 2. The molecule has 0 atom stereocenters. The van der Waals surface area contributed by atoms with Crippen LogP contribution in [0.2, 0.25) is 0 Å². The van der Waals surface area contributed by atoms with Crippen molar-refractivity contribution in [1.29, 1.82) is 0 Å². The van der Waals surface area contributed by atoms with Crippen LogP contribution in [-0.2, 0) is 16.2 Å². The molecule has 0 aliphatic carbocycles. The van der Waals surface area contributed by atoms with Crippen LogP contribution in [0.3, 0.4) is 0 Å². The van der Waals surface area contributed by atoms with E-state index in [1.807, 2.05) is 6.92 Å². The van der Waals surface area contributed by atoms with Gasteiger partial charge in [-0.15, -0.1) is 0 Å². The highest BCUT2D eigenvalue weighted by molar-refractivity contribution is 6.05. The standard InChI is InChI=1S/C26H29N5O6/c1-2-9-30(37-16-17-3-7-22(8-4-17)31(35)36)26(34)21-10-19-5-6-20(11-23(19)28-24(27)12-21)25(33)29-13-18(14-29)15-32/h3-8,10-11,18,32H,2,9,12-16H2,1H3,(H2,27,28). The topological polar surface area (TPSA) is 152 Å². The van der Waals surface area contributed by atoms with Crippen molar-refractivity contribution in [2.45, 2.75) is 26.4 Å². The molecule has 2 aromatic carbocycles. The lowest BCUT2D eigenvalue weighted by molar-refractivity contribution is -0.384. The predicted octanol–water partition coefficient (Wildman–Crippen LogP) is 2.81. The van der Waals surface area contributed by atoms with Crippen molar-refractivity contribution in [3.8, 4) is 0 Å². The molecule has 0 unspecified atom stereocenters. The number of aliphatic hydroxyl groups excluding tert-OH is 1. The van der Waals surface area contributed by atoms with E-state index in [9.17, 15) is 24.8 Å². The minimum Gasteiger partial charge on any atom is -0.396 e. The molecule has 2 amide bonds. The van der Waals surface area contributed by atoms with Crippen LogP contribution in [0.4, 0.5) is 11.4 Å². The van der Waals surface area contributed by atoms with Crippen molar-refractivity contribution in [3.05, 3.63) is 74.8 Å². The summed E-state index contributed by atoms with van der Waals surface area (Å²) in [5.41, 5.74) is 8.81. The van der Waals surface area contributed by atoms with E-state index < -0.39 is 4.92 Å². The largest absolute Gasteiger partial charge is 0.396 e. The minimum atomic E-state index is -0.476. The number of carbonyl (C=O) groups is 2. The molecular weight excluding hydrogens is 478 g/mol. The van der Waals surface area contributed by atoms with Crippen molar-refractivity contribution in [1.82, 2.24) is 9.96 Å². The summed E-state index contributed by atoms with van der Waals surface area (Å²) in [4.78, 5) is 48.4. The van der Waals surface area contributed by atoms with E-state index in [1.54, 1.807) is 41.3 Å². The zero-order chi connectivity index (χ0) is 26.5. The SMILES string of the molecule is CCCN(OCc1ccc([N+](=O)[O-])cc1)C(=O)C1=Cc2ccc(C(=O)N3CC(CO)C3)cc2N=C(N)C1. The lowest BCUT2D eigenvalue weighted by Gasteiger charge is -2.38. The molecule has 11 nitrogen and oxygen atoms in total. The number of benzene rings is 2. The highest BCUT2D eigenvalue weighted by Crippen LogP contribution is 2.30. The molecule has 1 saturated heterocycles. The molecule has 4 rings (SSSR count). The lowest BCUT2D eigenvalue weighted by atomic mass is 9.99. The first-order valence-electron chi connectivity index (χ1n) is 12.0. The Morgan fingerprint density at radius 1 is 1.24 bits per heavy atom. The van der Waals surface area contributed by atoms with Gasteiger partial charge in [0, 0.05) is 67.4 Å². The van der Waals surface area contributed by atoms with E-state index in [0.29, 0.717) is 54.0 Å². The van der Waals surface area contributed by atoms with E-state index in [0.717, 1.165) is 0 Å². The van der Waals surface area contributed by atoms with Gasteiger partial charge >= 0.3 is 0 Å². The number of non-ortho nitro benzene ring substituents is 1. The zero-order valence-electron chi connectivity index (χ0n) is 20.5. The molecule has 3 N–H and O–H groups in total. The molecule has 0 aromatic heterocycles. The molecule has 2 heterocycles. The molecule has 194 valence electrons. The van der Waals surface area contributed by atoms with E-state index in [4.69, 9.17) is 10.6 Å². The molecule has 1 fully saturated rings. The average Bonchev–Trinajstić information content (AvgIpc) is 3.03. The molecule has 0 saturated carbocycles. The van der Waals surface area contributed by atoms with Crippen LogP contribution in [0.1, 0.15) is 41.3 Å². The van der Waals surface area contributed by atoms with Gasteiger partial charge in [-0.1, -0.05) is 13.0 Å². The molecule has 2 aliphatic heterocycles. The molecular formula is C26H29N5O6. The number of aliphatic hydroxyl groups is 1. The average molecular weight is 508 g/mol. The van der Waals surface area contributed by atoms with Crippen LogP contribution in [0.5, 0.6) is 0 Å². The molecule has 2 aromatic rings. The maximum atomic E-state index is 13.4. The van der Waals surface area contributed by atoms with Crippen LogP contribution in [0, 0.1) is 16.0 Å². The Labute approximate surface area is 213 Å². The summed E-state index contributed by atoms with van der Waals surface area (Å²) in [6, 6.07) is 11.0. The van der Waals surface area contributed by atoms with Gasteiger partial charge in [-0.25, -0.2) is 10.1 Å². The zero-order valence-corrected chi connectivity index (χ0v) is 20.5. The van der Waals surface area contributed by atoms with Crippen LogP contribution in [0.15, 0.2) is 53.0 Å². The second-order valence-electron chi connectivity index (χ2n) is 9.09.